The van der Waals surface area contributed by atoms with E-state index >= 15 is 0 Å². The molecule has 2 atom stereocenters. The zero-order valence-corrected chi connectivity index (χ0v) is 13.2. The van der Waals surface area contributed by atoms with Crippen LogP contribution < -0.4 is 5.73 Å². The van der Waals surface area contributed by atoms with Gasteiger partial charge in [0, 0.05) is 6.54 Å². The number of hydrogen-bond acceptors (Lipinski definition) is 4. The van der Waals surface area contributed by atoms with Crippen molar-refractivity contribution >= 4 is 17.7 Å². The first kappa shape index (κ1) is 17.2. The summed E-state index contributed by atoms with van der Waals surface area (Å²) < 4.78 is 31.9. The van der Waals surface area contributed by atoms with E-state index in [1.165, 1.54) is 6.07 Å². The Balaban J connectivity index is 2.01. The zero-order valence-electron chi connectivity index (χ0n) is 12.4. The Labute approximate surface area is 133 Å². The molecule has 0 spiro atoms. The maximum atomic E-state index is 13.3. The molecule has 1 aromatic carbocycles. The molecule has 22 heavy (non-hydrogen) atoms. The van der Waals surface area contributed by atoms with Crippen LogP contribution >= 0.6 is 11.8 Å². The number of ether oxygens (including phenoxy) is 1. The summed E-state index contributed by atoms with van der Waals surface area (Å²) in [5.41, 5.74) is 6.43. The van der Waals surface area contributed by atoms with Crippen LogP contribution in [0, 0.1) is 11.6 Å². The molecule has 1 saturated heterocycles. The van der Waals surface area contributed by atoms with Gasteiger partial charge in [-0.1, -0.05) is 6.07 Å². The van der Waals surface area contributed by atoms with E-state index in [9.17, 15) is 13.6 Å². The van der Waals surface area contributed by atoms with Gasteiger partial charge in [-0.15, -0.1) is 0 Å². The van der Waals surface area contributed by atoms with E-state index in [1.807, 2.05) is 6.26 Å². The second-order valence-corrected chi connectivity index (χ2v) is 6.19. The fraction of sp³-hybridized carbons (Fsp3) is 0.533. The van der Waals surface area contributed by atoms with Crippen LogP contribution in [0.25, 0.3) is 0 Å². The van der Waals surface area contributed by atoms with Gasteiger partial charge in [-0.05, 0) is 36.1 Å². The Morgan fingerprint density at radius 2 is 2.27 bits per heavy atom. The van der Waals surface area contributed by atoms with E-state index in [1.54, 1.807) is 16.7 Å². The fourth-order valence-electron chi connectivity index (χ4n) is 2.37. The quantitative estimate of drug-likeness (QED) is 0.896. The third-order valence-corrected chi connectivity index (χ3v) is 4.29. The number of morpholine rings is 1. The van der Waals surface area contributed by atoms with Gasteiger partial charge < -0.3 is 15.4 Å². The molecular formula is C15H20F2N2O2S. The lowest BCUT2D eigenvalue weighted by molar-refractivity contribution is -0.140. The second kappa shape index (κ2) is 7.89. The van der Waals surface area contributed by atoms with Gasteiger partial charge in [-0.3, -0.25) is 4.79 Å². The second-order valence-electron chi connectivity index (χ2n) is 5.21. The van der Waals surface area contributed by atoms with Gasteiger partial charge >= 0.3 is 0 Å². The van der Waals surface area contributed by atoms with E-state index in [-0.39, 0.29) is 5.91 Å². The molecule has 0 bridgehead atoms. The normalized spacial score (nSPS) is 20.0. The molecule has 4 nitrogen and oxygen atoms in total. The highest BCUT2D eigenvalue weighted by Gasteiger charge is 2.28. The van der Waals surface area contributed by atoms with Crippen molar-refractivity contribution < 1.29 is 18.3 Å². The summed E-state index contributed by atoms with van der Waals surface area (Å²) in [6.07, 6.45) is 2.12. The lowest BCUT2D eigenvalue weighted by Crippen LogP contribution is -2.49. The van der Waals surface area contributed by atoms with Crippen molar-refractivity contribution in [2.75, 3.05) is 31.7 Å². The monoisotopic (exact) mass is 330 g/mol. The Morgan fingerprint density at radius 1 is 1.50 bits per heavy atom. The molecule has 122 valence electrons. The minimum Gasteiger partial charge on any atom is -0.370 e. The highest BCUT2D eigenvalue weighted by Crippen LogP contribution is 2.24. The molecule has 0 aromatic heterocycles. The number of nitrogens with zero attached hydrogens (tertiary/aromatic N) is 1. The van der Waals surface area contributed by atoms with E-state index in [4.69, 9.17) is 10.5 Å². The van der Waals surface area contributed by atoms with Crippen molar-refractivity contribution in [2.45, 2.75) is 18.6 Å². The van der Waals surface area contributed by atoms with Crippen LogP contribution in [0.2, 0.25) is 0 Å². The number of thioether (sulfide) groups is 1. The standard InChI is InChI=1S/C15H20F2N2O2S/c1-22-7-4-13(18)15(20)19-5-6-21-14(9-19)10-2-3-11(16)12(17)8-10/h2-3,8,13-14H,4-7,9,18H2,1H3/t13-,14-/m1/s1. The van der Waals surface area contributed by atoms with Crippen LogP contribution in [0.4, 0.5) is 8.78 Å². The van der Waals surface area contributed by atoms with Crippen LogP contribution in [0.5, 0.6) is 0 Å². The summed E-state index contributed by atoms with van der Waals surface area (Å²) in [5.74, 6) is -1.11. The van der Waals surface area contributed by atoms with Gasteiger partial charge in [-0.25, -0.2) is 8.78 Å². The average molecular weight is 330 g/mol. The number of nitrogens with two attached hydrogens (primary N) is 1. The van der Waals surface area contributed by atoms with Crippen molar-refractivity contribution in [1.82, 2.24) is 4.90 Å². The van der Waals surface area contributed by atoms with Crippen molar-refractivity contribution in [1.29, 1.82) is 0 Å². The van der Waals surface area contributed by atoms with Crippen LogP contribution in [-0.4, -0.2) is 48.6 Å². The van der Waals surface area contributed by atoms with Crippen LogP contribution in [0.1, 0.15) is 18.1 Å². The molecule has 1 aliphatic rings. The van der Waals surface area contributed by atoms with E-state index in [2.05, 4.69) is 0 Å². The first-order chi connectivity index (χ1) is 10.5. The Hall–Kier alpha value is -1.18. The molecular weight excluding hydrogens is 310 g/mol. The van der Waals surface area contributed by atoms with Gasteiger partial charge in [0.25, 0.3) is 0 Å². The maximum Gasteiger partial charge on any atom is 0.239 e. The molecule has 2 rings (SSSR count). The smallest absolute Gasteiger partial charge is 0.239 e. The molecule has 1 aromatic rings. The van der Waals surface area contributed by atoms with Gasteiger partial charge in [0.2, 0.25) is 5.91 Å². The Bertz CT molecular complexity index is 530. The molecule has 0 saturated carbocycles. The number of rotatable bonds is 5. The van der Waals surface area contributed by atoms with Gasteiger partial charge in [0.1, 0.15) is 6.10 Å². The summed E-state index contributed by atoms with van der Waals surface area (Å²) in [6.45, 7) is 1.12. The topological polar surface area (TPSA) is 55.6 Å². The Morgan fingerprint density at radius 3 is 2.95 bits per heavy atom. The van der Waals surface area contributed by atoms with Crippen molar-refractivity contribution in [2.24, 2.45) is 5.73 Å². The number of hydrogen-bond donors (Lipinski definition) is 1. The summed E-state index contributed by atoms with van der Waals surface area (Å²) >= 11 is 1.64. The Kier molecular flexibility index (Phi) is 6.16. The van der Waals surface area contributed by atoms with Crippen molar-refractivity contribution in [3.05, 3.63) is 35.4 Å². The predicted octanol–water partition coefficient (Wildman–Crippen LogP) is 1.95. The third kappa shape index (κ3) is 4.18. The number of benzene rings is 1. The van der Waals surface area contributed by atoms with Gasteiger partial charge in [-0.2, -0.15) is 11.8 Å². The average Bonchev–Trinajstić information content (AvgIpc) is 2.54. The molecule has 1 heterocycles. The third-order valence-electron chi connectivity index (χ3n) is 3.64. The van der Waals surface area contributed by atoms with Crippen LogP contribution in [-0.2, 0) is 9.53 Å². The lowest BCUT2D eigenvalue weighted by Gasteiger charge is -2.34. The highest BCUT2D eigenvalue weighted by molar-refractivity contribution is 7.98. The fourth-order valence-corrected chi connectivity index (χ4v) is 2.86. The summed E-state index contributed by atoms with van der Waals surface area (Å²) in [5, 5.41) is 0. The summed E-state index contributed by atoms with van der Waals surface area (Å²) in [6, 6.07) is 3.13. The van der Waals surface area contributed by atoms with Gasteiger partial charge in [0.15, 0.2) is 11.6 Å². The SMILES string of the molecule is CSCC[C@@H](N)C(=O)N1CCO[C@@H](c2ccc(F)c(F)c2)C1. The van der Waals surface area contributed by atoms with E-state index in [0.717, 1.165) is 17.9 Å². The molecule has 2 N–H and O–H groups in total. The maximum absolute atomic E-state index is 13.3. The van der Waals surface area contributed by atoms with E-state index < -0.39 is 23.8 Å². The molecule has 1 aliphatic heterocycles. The zero-order chi connectivity index (χ0) is 16.1. The predicted molar refractivity (Wildman–Crippen MR) is 82.6 cm³/mol. The minimum atomic E-state index is -0.916. The van der Waals surface area contributed by atoms with Crippen molar-refractivity contribution in [3.8, 4) is 0 Å². The molecule has 0 radical (unpaired) electrons. The van der Waals surface area contributed by atoms with Crippen LogP contribution in [0.3, 0.4) is 0 Å². The lowest BCUT2D eigenvalue weighted by atomic mass is 10.1. The van der Waals surface area contributed by atoms with Crippen LogP contribution in [0.15, 0.2) is 18.2 Å². The molecule has 7 heteroatoms. The molecule has 0 aliphatic carbocycles. The highest BCUT2D eigenvalue weighted by atomic mass is 32.2. The minimum absolute atomic E-state index is 0.120. The molecule has 1 fully saturated rings. The van der Waals surface area contributed by atoms with E-state index in [0.29, 0.717) is 31.7 Å². The van der Waals surface area contributed by atoms with Crippen molar-refractivity contribution in [3.63, 3.8) is 0 Å². The number of amides is 1. The largest absolute Gasteiger partial charge is 0.370 e. The number of halogens is 2. The molecule has 1 amide bonds. The number of carbonyl (C=O) groups is 1. The molecule has 0 unspecified atom stereocenters. The number of carbonyl (C=O) groups excluding carboxylic acids is 1. The first-order valence-electron chi connectivity index (χ1n) is 7.12. The first-order valence-corrected chi connectivity index (χ1v) is 8.52. The van der Waals surface area contributed by atoms with Gasteiger partial charge in [0.05, 0.1) is 19.2 Å². The summed E-state index contributed by atoms with van der Waals surface area (Å²) in [7, 11) is 0. The summed E-state index contributed by atoms with van der Waals surface area (Å²) in [4.78, 5) is 13.9.